The highest BCUT2D eigenvalue weighted by molar-refractivity contribution is 6.01. The predicted molar refractivity (Wildman–Crippen MR) is 57.8 cm³/mol. The van der Waals surface area contributed by atoms with E-state index in [1.54, 1.807) is 11.7 Å². The van der Waals surface area contributed by atoms with Gasteiger partial charge < -0.3 is 10.1 Å². The van der Waals surface area contributed by atoms with Crippen molar-refractivity contribution in [3.63, 3.8) is 0 Å². The van der Waals surface area contributed by atoms with Crippen LogP contribution < -0.4 is 5.32 Å². The van der Waals surface area contributed by atoms with Crippen LogP contribution in [0, 0.1) is 0 Å². The summed E-state index contributed by atoms with van der Waals surface area (Å²) in [5, 5.41) is 6.66. The van der Waals surface area contributed by atoms with Crippen molar-refractivity contribution in [3.05, 3.63) is 11.8 Å². The third kappa shape index (κ3) is 3.08. The van der Waals surface area contributed by atoms with E-state index in [0.717, 1.165) is 12.0 Å². The van der Waals surface area contributed by atoms with Gasteiger partial charge in [-0.2, -0.15) is 5.10 Å². The Bertz CT molecular complexity index is 398. The molecule has 0 spiro atoms. The molecule has 0 saturated carbocycles. The fraction of sp³-hybridized carbons (Fsp3) is 0.500. The molecule has 6 nitrogen and oxygen atoms in total. The zero-order valence-corrected chi connectivity index (χ0v) is 9.61. The largest absolute Gasteiger partial charge is 0.469 e. The lowest BCUT2D eigenvalue weighted by atomic mass is 10.2. The molecule has 0 saturated heterocycles. The van der Waals surface area contributed by atoms with E-state index >= 15 is 0 Å². The number of carbonyl (C=O) groups is 2. The molecular formula is C10H15N3O3. The number of rotatable bonds is 4. The second-order valence-corrected chi connectivity index (χ2v) is 3.33. The Balaban J connectivity index is 2.65. The molecule has 0 radical (unpaired) electrons. The summed E-state index contributed by atoms with van der Waals surface area (Å²) in [5.41, 5.74) is 0.931. The fourth-order valence-electron chi connectivity index (χ4n) is 1.28. The van der Waals surface area contributed by atoms with E-state index < -0.39 is 11.9 Å². The van der Waals surface area contributed by atoms with Gasteiger partial charge in [-0.3, -0.25) is 14.3 Å². The molecule has 0 bridgehead atoms. The van der Waals surface area contributed by atoms with Gasteiger partial charge in [-0.15, -0.1) is 0 Å². The molecule has 0 aromatic carbocycles. The molecule has 1 aromatic heterocycles. The molecule has 0 fully saturated rings. The Labute approximate surface area is 93.6 Å². The number of aryl methyl sites for hydroxylation is 2. The van der Waals surface area contributed by atoms with Crippen LogP contribution in [0.1, 0.15) is 18.9 Å². The highest BCUT2D eigenvalue weighted by Gasteiger charge is 2.13. The molecule has 1 N–H and O–H groups in total. The van der Waals surface area contributed by atoms with Gasteiger partial charge in [0.15, 0.2) is 5.82 Å². The van der Waals surface area contributed by atoms with Crippen LogP contribution in [0.15, 0.2) is 6.20 Å². The van der Waals surface area contributed by atoms with Gasteiger partial charge in [0.2, 0.25) is 5.91 Å². The average molecular weight is 225 g/mol. The summed E-state index contributed by atoms with van der Waals surface area (Å²) in [5.74, 6) is -0.481. The predicted octanol–water partition coefficient (Wildman–Crippen LogP) is 0.484. The van der Waals surface area contributed by atoms with Crippen LogP contribution >= 0.6 is 0 Å². The summed E-state index contributed by atoms with van der Waals surface area (Å²) in [6, 6.07) is 0. The van der Waals surface area contributed by atoms with Crippen molar-refractivity contribution in [3.8, 4) is 0 Å². The fourth-order valence-corrected chi connectivity index (χ4v) is 1.28. The molecule has 0 aliphatic heterocycles. The number of esters is 1. The molecule has 1 heterocycles. The molecule has 16 heavy (non-hydrogen) atoms. The maximum atomic E-state index is 11.4. The number of hydrogen-bond acceptors (Lipinski definition) is 4. The van der Waals surface area contributed by atoms with Crippen LogP contribution in [-0.2, 0) is 27.8 Å². The smallest absolute Gasteiger partial charge is 0.315 e. The SMILES string of the molecule is CCc1cn(C)nc1NC(=O)CC(=O)OC. The van der Waals surface area contributed by atoms with Gasteiger partial charge in [-0.1, -0.05) is 6.92 Å². The summed E-state index contributed by atoms with van der Waals surface area (Å²) in [4.78, 5) is 22.3. The van der Waals surface area contributed by atoms with Gasteiger partial charge >= 0.3 is 5.97 Å². The lowest BCUT2D eigenvalue weighted by molar-refractivity contribution is -0.142. The minimum Gasteiger partial charge on any atom is -0.469 e. The molecule has 0 unspecified atom stereocenters. The number of hydrogen-bond donors (Lipinski definition) is 1. The van der Waals surface area contributed by atoms with E-state index in [9.17, 15) is 9.59 Å². The highest BCUT2D eigenvalue weighted by atomic mass is 16.5. The lowest BCUT2D eigenvalue weighted by Crippen LogP contribution is -2.18. The second kappa shape index (κ2) is 5.29. The van der Waals surface area contributed by atoms with Crippen LogP contribution in [0.5, 0.6) is 0 Å². The van der Waals surface area contributed by atoms with Crippen LogP contribution in [-0.4, -0.2) is 28.8 Å². The second-order valence-electron chi connectivity index (χ2n) is 3.33. The third-order valence-electron chi connectivity index (χ3n) is 2.08. The number of aromatic nitrogens is 2. The summed E-state index contributed by atoms with van der Waals surface area (Å²) < 4.78 is 6.01. The van der Waals surface area contributed by atoms with Gasteiger partial charge in [0.1, 0.15) is 6.42 Å². The van der Waals surface area contributed by atoms with E-state index in [1.165, 1.54) is 7.11 Å². The number of anilines is 1. The molecule has 1 aromatic rings. The molecule has 88 valence electrons. The Morgan fingerprint density at radius 2 is 2.25 bits per heavy atom. The topological polar surface area (TPSA) is 73.2 Å². The van der Waals surface area contributed by atoms with Crippen LogP contribution in [0.25, 0.3) is 0 Å². The van der Waals surface area contributed by atoms with Crippen LogP contribution in [0.4, 0.5) is 5.82 Å². The van der Waals surface area contributed by atoms with Crippen LogP contribution in [0.2, 0.25) is 0 Å². The van der Waals surface area contributed by atoms with Gasteiger partial charge in [0.25, 0.3) is 0 Å². The normalized spacial score (nSPS) is 9.94. The maximum absolute atomic E-state index is 11.4. The van der Waals surface area contributed by atoms with Crippen molar-refractivity contribution >= 4 is 17.7 Å². The molecular weight excluding hydrogens is 210 g/mol. The molecule has 1 rings (SSSR count). The molecule has 0 atom stereocenters. The minimum atomic E-state index is -0.563. The Morgan fingerprint density at radius 1 is 1.56 bits per heavy atom. The molecule has 1 amide bonds. The Morgan fingerprint density at radius 3 is 2.81 bits per heavy atom. The average Bonchev–Trinajstić information content (AvgIpc) is 2.58. The van der Waals surface area contributed by atoms with Gasteiger partial charge in [0, 0.05) is 18.8 Å². The molecule has 0 aliphatic carbocycles. The number of nitrogens with one attached hydrogen (secondary N) is 1. The number of methoxy groups -OCH3 is 1. The maximum Gasteiger partial charge on any atom is 0.315 e. The van der Waals surface area contributed by atoms with E-state index in [1.807, 2.05) is 13.1 Å². The lowest BCUT2D eigenvalue weighted by Gasteiger charge is -2.02. The number of nitrogens with zero attached hydrogens (tertiary/aromatic N) is 2. The summed E-state index contributed by atoms with van der Waals surface area (Å²) in [6.07, 6.45) is 2.30. The first-order valence-corrected chi connectivity index (χ1v) is 4.96. The number of carbonyl (C=O) groups excluding carboxylic acids is 2. The quantitative estimate of drug-likeness (QED) is 0.597. The zero-order chi connectivity index (χ0) is 12.1. The summed E-state index contributed by atoms with van der Waals surface area (Å²) >= 11 is 0. The van der Waals surface area contributed by atoms with Crippen molar-refractivity contribution in [2.45, 2.75) is 19.8 Å². The van der Waals surface area contributed by atoms with E-state index in [2.05, 4.69) is 15.2 Å². The van der Waals surface area contributed by atoms with Crippen molar-refractivity contribution in [2.24, 2.45) is 7.05 Å². The van der Waals surface area contributed by atoms with Gasteiger partial charge in [0.05, 0.1) is 7.11 Å². The van der Waals surface area contributed by atoms with Crippen molar-refractivity contribution < 1.29 is 14.3 Å². The van der Waals surface area contributed by atoms with Gasteiger partial charge in [-0.05, 0) is 6.42 Å². The van der Waals surface area contributed by atoms with Gasteiger partial charge in [-0.25, -0.2) is 0 Å². The number of amides is 1. The molecule has 6 heteroatoms. The van der Waals surface area contributed by atoms with Crippen LogP contribution in [0.3, 0.4) is 0 Å². The van der Waals surface area contributed by atoms with Crippen molar-refractivity contribution in [1.29, 1.82) is 0 Å². The zero-order valence-electron chi connectivity index (χ0n) is 9.61. The summed E-state index contributed by atoms with van der Waals surface area (Å²) in [7, 11) is 3.02. The minimum absolute atomic E-state index is 0.295. The van der Waals surface area contributed by atoms with E-state index in [0.29, 0.717) is 5.82 Å². The van der Waals surface area contributed by atoms with Crippen molar-refractivity contribution in [2.75, 3.05) is 12.4 Å². The first-order chi connectivity index (χ1) is 7.56. The molecule has 0 aliphatic rings. The standard InChI is InChI=1S/C10H15N3O3/c1-4-7-6-13(2)12-10(7)11-8(14)5-9(15)16-3/h6H,4-5H2,1-3H3,(H,11,12,14). The van der Waals surface area contributed by atoms with E-state index in [4.69, 9.17) is 0 Å². The third-order valence-corrected chi connectivity index (χ3v) is 2.08. The van der Waals surface area contributed by atoms with E-state index in [-0.39, 0.29) is 6.42 Å². The van der Waals surface area contributed by atoms with Crippen molar-refractivity contribution in [1.82, 2.24) is 9.78 Å². The highest BCUT2D eigenvalue weighted by Crippen LogP contribution is 2.13. The first kappa shape index (κ1) is 12.2. The Hall–Kier alpha value is -1.85. The first-order valence-electron chi connectivity index (χ1n) is 4.96. The monoisotopic (exact) mass is 225 g/mol. The summed E-state index contributed by atoms with van der Waals surface area (Å²) in [6.45, 7) is 1.97. The Kier molecular flexibility index (Phi) is 4.04. The number of ether oxygens (including phenoxy) is 1.